The van der Waals surface area contributed by atoms with E-state index < -0.39 is 78.5 Å². The number of carbonyl (C=O) groups is 6. The molecule has 212 valence electrons. The first-order valence-electron chi connectivity index (χ1n) is 12.2. The molecule has 0 aliphatic heterocycles. The first kappa shape index (κ1) is 30.8. The minimum atomic E-state index is -1.42. The van der Waals surface area contributed by atoms with Crippen LogP contribution < -0.4 is 27.4 Å². The fraction of sp³-hybridized carbons (Fsp3) is 0.440. The van der Waals surface area contributed by atoms with E-state index in [0.29, 0.717) is 5.56 Å². The molecule has 0 aliphatic carbocycles. The number of carboxylic acids is 2. The second-order valence-corrected chi connectivity index (χ2v) is 9.46. The summed E-state index contributed by atoms with van der Waals surface area (Å²) >= 11 is 0. The lowest BCUT2D eigenvalue weighted by Gasteiger charge is -2.26. The number of hydrogen-bond acceptors (Lipinski definition) is 7. The van der Waals surface area contributed by atoms with Crippen LogP contribution in [-0.2, 0) is 35.2 Å². The lowest BCUT2D eigenvalue weighted by atomic mass is 10.0. The van der Waals surface area contributed by atoms with Crippen molar-refractivity contribution < 1.29 is 39.0 Å². The molecule has 39 heavy (non-hydrogen) atoms. The van der Waals surface area contributed by atoms with Crippen molar-refractivity contribution >= 4 is 46.5 Å². The maximum atomic E-state index is 13.2. The van der Waals surface area contributed by atoms with Crippen LogP contribution >= 0.6 is 0 Å². The maximum Gasteiger partial charge on any atom is 0.326 e. The monoisotopic (exact) mass is 546 g/mol. The number of para-hydroxylation sites is 1. The molecule has 14 nitrogen and oxygen atoms in total. The van der Waals surface area contributed by atoms with E-state index in [1.54, 1.807) is 26.1 Å². The highest BCUT2D eigenvalue weighted by molar-refractivity contribution is 5.95. The number of aromatic nitrogens is 1. The van der Waals surface area contributed by atoms with Gasteiger partial charge in [0.2, 0.25) is 23.6 Å². The van der Waals surface area contributed by atoms with Gasteiger partial charge in [-0.2, -0.15) is 0 Å². The van der Waals surface area contributed by atoms with Crippen LogP contribution in [0.4, 0.5) is 0 Å². The normalized spacial score (nSPS) is 14.2. The second-order valence-electron chi connectivity index (χ2n) is 9.46. The van der Waals surface area contributed by atoms with Crippen molar-refractivity contribution in [2.45, 2.75) is 63.7 Å². The molecule has 0 aliphatic rings. The summed E-state index contributed by atoms with van der Waals surface area (Å²) in [5.74, 6) is -6.41. The second kappa shape index (κ2) is 13.9. The number of benzene rings is 1. The highest BCUT2D eigenvalue weighted by Gasteiger charge is 2.32. The van der Waals surface area contributed by atoms with Gasteiger partial charge in [-0.25, -0.2) is 4.79 Å². The molecule has 0 bridgehead atoms. The molecule has 1 aromatic carbocycles. The smallest absolute Gasteiger partial charge is 0.326 e. The van der Waals surface area contributed by atoms with Crippen LogP contribution in [0.5, 0.6) is 0 Å². The Morgan fingerprint density at radius 2 is 1.54 bits per heavy atom. The fourth-order valence-electron chi connectivity index (χ4n) is 3.89. The molecule has 1 heterocycles. The molecule has 0 radical (unpaired) electrons. The topological polar surface area (TPSA) is 247 Å². The largest absolute Gasteiger partial charge is 0.481 e. The maximum absolute atomic E-state index is 13.2. The predicted molar refractivity (Wildman–Crippen MR) is 139 cm³/mol. The van der Waals surface area contributed by atoms with Gasteiger partial charge in [0, 0.05) is 29.9 Å². The molecule has 14 heteroatoms. The average Bonchev–Trinajstić information content (AvgIpc) is 3.26. The Hall–Kier alpha value is -4.46. The number of nitrogens with one attached hydrogen (secondary N) is 4. The van der Waals surface area contributed by atoms with Gasteiger partial charge in [-0.3, -0.25) is 24.0 Å². The van der Waals surface area contributed by atoms with Gasteiger partial charge in [-0.1, -0.05) is 32.0 Å². The number of H-pyrrole nitrogens is 1. The van der Waals surface area contributed by atoms with Crippen molar-refractivity contribution in [2.75, 3.05) is 0 Å². The van der Waals surface area contributed by atoms with Gasteiger partial charge in [-0.15, -0.1) is 0 Å². The summed E-state index contributed by atoms with van der Waals surface area (Å²) in [5.41, 5.74) is 12.1. The summed E-state index contributed by atoms with van der Waals surface area (Å²) in [4.78, 5) is 75.9. The van der Waals surface area contributed by atoms with Crippen LogP contribution in [0.25, 0.3) is 10.9 Å². The van der Waals surface area contributed by atoms with Crippen LogP contribution in [-0.4, -0.2) is 74.9 Å². The molecule has 4 unspecified atom stereocenters. The van der Waals surface area contributed by atoms with E-state index in [9.17, 15) is 33.9 Å². The number of hydrogen-bond donors (Lipinski definition) is 8. The SMILES string of the molecule is CC(C)C(NC(=O)C(Cc1c[nH]c2ccccc12)NC(=O)C(CCC(=O)O)NC(=O)C(N)CC(N)=O)C(=O)O. The summed E-state index contributed by atoms with van der Waals surface area (Å²) < 4.78 is 0. The quantitative estimate of drug-likeness (QED) is 0.136. The summed E-state index contributed by atoms with van der Waals surface area (Å²) in [6.45, 7) is 3.22. The molecule has 0 spiro atoms. The zero-order valence-corrected chi connectivity index (χ0v) is 21.6. The van der Waals surface area contributed by atoms with Gasteiger partial charge in [0.1, 0.15) is 18.1 Å². The average molecular weight is 547 g/mol. The van der Waals surface area contributed by atoms with Crippen LogP contribution in [0, 0.1) is 5.92 Å². The van der Waals surface area contributed by atoms with Crippen LogP contribution in [0.3, 0.4) is 0 Å². The minimum Gasteiger partial charge on any atom is -0.481 e. The minimum absolute atomic E-state index is 0.0488. The number of aromatic amines is 1. The fourth-order valence-corrected chi connectivity index (χ4v) is 3.89. The molecule has 0 saturated carbocycles. The Bertz CT molecular complexity index is 1230. The van der Waals surface area contributed by atoms with Crippen molar-refractivity contribution in [3.63, 3.8) is 0 Å². The van der Waals surface area contributed by atoms with E-state index in [-0.39, 0.29) is 12.8 Å². The number of amides is 4. The number of carbonyl (C=O) groups excluding carboxylic acids is 4. The highest BCUT2D eigenvalue weighted by atomic mass is 16.4. The number of rotatable bonds is 15. The summed E-state index contributed by atoms with van der Waals surface area (Å²) in [7, 11) is 0. The standard InChI is InChI=1S/C25H34N6O8/c1-12(2)21(25(38)39)31-24(37)18(9-13-11-28-16-6-4-3-5-14(13)16)30-23(36)17(7-8-20(33)34)29-22(35)15(26)10-19(27)32/h3-6,11-12,15,17-18,21,28H,7-10,26H2,1-2H3,(H2,27,32)(H,29,35)(H,30,36)(H,31,37)(H,33,34)(H,38,39). The zero-order chi connectivity index (χ0) is 29.3. The van der Waals surface area contributed by atoms with E-state index in [1.165, 1.54) is 0 Å². The van der Waals surface area contributed by atoms with E-state index >= 15 is 0 Å². The van der Waals surface area contributed by atoms with Gasteiger partial charge < -0.3 is 42.6 Å². The molecule has 2 aromatic rings. The van der Waals surface area contributed by atoms with Crippen LogP contribution in [0.2, 0.25) is 0 Å². The Balaban J connectivity index is 2.34. The third-order valence-electron chi connectivity index (χ3n) is 6.00. The third kappa shape index (κ3) is 9.10. The van der Waals surface area contributed by atoms with Crippen molar-refractivity contribution in [2.24, 2.45) is 17.4 Å². The lowest BCUT2D eigenvalue weighted by Crippen LogP contribution is -2.58. The van der Waals surface area contributed by atoms with Crippen LogP contribution in [0.15, 0.2) is 30.5 Å². The summed E-state index contributed by atoms with van der Waals surface area (Å²) in [5, 5.41) is 26.7. The number of primary amides is 1. The molecule has 0 saturated heterocycles. The molecule has 4 atom stereocenters. The molecule has 4 amide bonds. The molecule has 1 aromatic heterocycles. The van der Waals surface area contributed by atoms with Crippen LogP contribution in [0.1, 0.15) is 38.7 Å². The summed E-state index contributed by atoms with van der Waals surface area (Å²) in [6.07, 6.45) is 0.253. The van der Waals surface area contributed by atoms with Crippen molar-refractivity contribution in [3.05, 3.63) is 36.0 Å². The lowest BCUT2D eigenvalue weighted by molar-refractivity contribution is -0.143. The van der Waals surface area contributed by atoms with E-state index in [1.807, 2.05) is 18.2 Å². The Morgan fingerprint density at radius 1 is 0.923 bits per heavy atom. The molecule has 2 rings (SSSR count). The number of carboxylic acid groups (broad SMARTS) is 2. The molecule has 10 N–H and O–H groups in total. The van der Waals surface area contributed by atoms with Gasteiger partial charge in [0.25, 0.3) is 0 Å². The number of nitrogens with two attached hydrogens (primary N) is 2. The number of fused-ring (bicyclic) bond motifs is 1. The third-order valence-corrected chi connectivity index (χ3v) is 6.00. The first-order valence-corrected chi connectivity index (χ1v) is 12.2. The van der Waals surface area contributed by atoms with Crippen molar-refractivity contribution in [1.82, 2.24) is 20.9 Å². The van der Waals surface area contributed by atoms with E-state index in [0.717, 1.165) is 10.9 Å². The van der Waals surface area contributed by atoms with Gasteiger partial charge >= 0.3 is 11.9 Å². The van der Waals surface area contributed by atoms with Gasteiger partial charge in [0.15, 0.2) is 0 Å². The van der Waals surface area contributed by atoms with Crippen molar-refractivity contribution in [1.29, 1.82) is 0 Å². The Labute approximate surface area is 223 Å². The molecule has 0 fully saturated rings. The van der Waals surface area contributed by atoms with Gasteiger partial charge in [-0.05, 0) is 24.0 Å². The Morgan fingerprint density at radius 3 is 2.13 bits per heavy atom. The predicted octanol–water partition coefficient (Wildman–Crippen LogP) is -1.03. The summed E-state index contributed by atoms with van der Waals surface area (Å²) in [6, 6.07) is 1.89. The number of aliphatic carboxylic acids is 2. The van der Waals surface area contributed by atoms with E-state index in [2.05, 4.69) is 20.9 Å². The van der Waals surface area contributed by atoms with Crippen molar-refractivity contribution in [3.8, 4) is 0 Å². The molecular formula is C25H34N6O8. The molecular weight excluding hydrogens is 512 g/mol. The Kier molecular flexibility index (Phi) is 11.0. The zero-order valence-electron chi connectivity index (χ0n) is 21.6. The highest BCUT2D eigenvalue weighted by Crippen LogP contribution is 2.19. The van der Waals surface area contributed by atoms with Gasteiger partial charge in [0.05, 0.1) is 12.5 Å². The first-order chi connectivity index (χ1) is 18.3. The van der Waals surface area contributed by atoms with E-state index in [4.69, 9.17) is 16.6 Å².